The lowest BCUT2D eigenvalue weighted by Crippen LogP contribution is -2.28. The Labute approximate surface area is 122 Å². The lowest BCUT2D eigenvalue weighted by molar-refractivity contribution is -0.657. The van der Waals surface area contributed by atoms with E-state index in [9.17, 15) is 0 Å². The summed E-state index contributed by atoms with van der Waals surface area (Å²) in [5, 5.41) is 4.33. The molecule has 0 atom stereocenters. The lowest BCUT2D eigenvalue weighted by Gasteiger charge is -2.14. The molecule has 0 fully saturated rings. The summed E-state index contributed by atoms with van der Waals surface area (Å²) in [6.07, 6.45) is 4.70. The van der Waals surface area contributed by atoms with Gasteiger partial charge in [-0.05, 0) is 25.0 Å². The van der Waals surface area contributed by atoms with Crippen LogP contribution in [0.25, 0.3) is 27.3 Å². The summed E-state index contributed by atoms with van der Waals surface area (Å²) in [7, 11) is 0. The Hall–Kier alpha value is -2.35. The average molecular weight is 271 g/mol. The molecule has 4 aromatic rings. The molecule has 2 nitrogen and oxygen atoms in total. The Balaban J connectivity index is 2.10. The molecule has 6 rings (SSSR count). The first-order chi connectivity index (χ1) is 10.3. The summed E-state index contributed by atoms with van der Waals surface area (Å²) in [5.74, 6) is 0. The summed E-state index contributed by atoms with van der Waals surface area (Å²) < 4.78 is 4.98. The first-order valence-electron chi connectivity index (χ1n) is 7.72. The van der Waals surface area contributed by atoms with Crippen molar-refractivity contribution >= 4 is 27.3 Å². The van der Waals surface area contributed by atoms with Gasteiger partial charge in [0.25, 0.3) is 5.65 Å². The van der Waals surface area contributed by atoms with Crippen LogP contribution in [0.2, 0.25) is 0 Å². The van der Waals surface area contributed by atoms with Gasteiger partial charge in [0.2, 0.25) is 0 Å². The molecule has 0 aliphatic carbocycles. The van der Waals surface area contributed by atoms with Crippen molar-refractivity contribution in [3.05, 3.63) is 58.9 Å². The number of nitrogens with zero attached hydrogens (tertiary/aromatic N) is 2. The zero-order chi connectivity index (χ0) is 13.7. The van der Waals surface area contributed by atoms with Crippen LogP contribution in [0.1, 0.15) is 22.4 Å². The predicted molar refractivity (Wildman–Crippen MR) is 83.9 cm³/mol. The Morgan fingerprint density at radius 2 is 2.00 bits per heavy atom. The predicted octanol–water partition coefficient (Wildman–Crippen LogP) is 3.30. The highest BCUT2D eigenvalue weighted by Crippen LogP contribution is 2.38. The van der Waals surface area contributed by atoms with Gasteiger partial charge in [0.05, 0.1) is 5.39 Å². The van der Waals surface area contributed by atoms with Gasteiger partial charge >= 0.3 is 0 Å². The van der Waals surface area contributed by atoms with E-state index in [1.807, 2.05) is 0 Å². The molecule has 2 aromatic carbocycles. The van der Waals surface area contributed by atoms with E-state index < -0.39 is 0 Å². The molecule has 2 aromatic heterocycles. The molecule has 2 heteroatoms. The lowest BCUT2D eigenvalue weighted by atomic mass is 9.94. The van der Waals surface area contributed by atoms with Gasteiger partial charge < -0.3 is 0 Å². The second-order valence-electron chi connectivity index (χ2n) is 6.57. The Bertz CT molecular complexity index is 1120. The number of pyridine rings is 1. The van der Waals surface area contributed by atoms with Gasteiger partial charge in [-0.15, -0.1) is 0 Å². The third kappa shape index (κ3) is 1.03. The maximum Gasteiger partial charge on any atom is 0.295 e. The molecule has 4 heterocycles. The highest BCUT2D eigenvalue weighted by molar-refractivity contribution is 6.13. The van der Waals surface area contributed by atoms with E-state index in [4.69, 9.17) is 0 Å². The minimum Gasteiger partial charge on any atom is -0.225 e. The number of rotatable bonds is 0. The summed E-state index contributed by atoms with van der Waals surface area (Å²) in [6, 6.07) is 11.5. The normalized spacial score (nSPS) is 15.3. The first-order valence-corrected chi connectivity index (χ1v) is 7.72. The average Bonchev–Trinajstić information content (AvgIpc) is 3.01. The van der Waals surface area contributed by atoms with Gasteiger partial charge in [-0.25, -0.2) is 4.57 Å². The van der Waals surface area contributed by atoms with E-state index in [0.717, 1.165) is 13.0 Å². The highest BCUT2D eigenvalue weighted by Gasteiger charge is 2.32. The van der Waals surface area contributed by atoms with Crippen LogP contribution in [0.3, 0.4) is 0 Å². The van der Waals surface area contributed by atoms with E-state index >= 15 is 0 Å². The number of aryl methyl sites for hydroxylation is 3. The minimum atomic E-state index is 1.03. The molecule has 0 radical (unpaired) electrons. The molecule has 0 unspecified atom stereocenters. The number of hydrogen-bond donors (Lipinski definition) is 0. The molecule has 2 aliphatic rings. The van der Waals surface area contributed by atoms with Crippen LogP contribution in [-0.2, 0) is 19.4 Å². The van der Waals surface area contributed by atoms with Crippen molar-refractivity contribution in [2.45, 2.75) is 26.3 Å². The zero-order valence-corrected chi connectivity index (χ0v) is 12.0. The molecule has 0 saturated heterocycles. The van der Waals surface area contributed by atoms with Crippen molar-refractivity contribution in [2.75, 3.05) is 0 Å². The highest BCUT2D eigenvalue weighted by atomic mass is 15.1. The summed E-state index contributed by atoms with van der Waals surface area (Å²) in [6.45, 7) is 3.25. The van der Waals surface area contributed by atoms with Crippen LogP contribution < -0.4 is 4.57 Å². The van der Waals surface area contributed by atoms with Gasteiger partial charge in [0, 0.05) is 28.3 Å². The Kier molecular flexibility index (Phi) is 1.54. The number of fused-ring (bicyclic) bond motifs is 1. The van der Waals surface area contributed by atoms with Crippen LogP contribution in [-0.4, -0.2) is 4.40 Å². The standard InChI is InChI=1S/C19H15N2/c1-11-7-12-5-6-14-10-20-9-13-3-2-4-15-16(8-11)18(12)21(14)19(20)17(13)15/h2-4,7-8,10H,5-6,9H2,1H3/q+1. The minimum absolute atomic E-state index is 1.03. The monoisotopic (exact) mass is 271 g/mol. The fraction of sp³-hybridized carbons (Fsp3) is 0.211. The van der Waals surface area contributed by atoms with E-state index in [0.29, 0.717) is 0 Å². The van der Waals surface area contributed by atoms with Gasteiger partial charge in [0.1, 0.15) is 24.0 Å². The quantitative estimate of drug-likeness (QED) is 0.302. The third-order valence-corrected chi connectivity index (χ3v) is 5.29. The van der Waals surface area contributed by atoms with Gasteiger partial charge in [0.15, 0.2) is 0 Å². The van der Waals surface area contributed by atoms with Crippen molar-refractivity contribution in [3.8, 4) is 0 Å². The van der Waals surface area contributed by atoms with Crippen molar-refractivity contribution < 1.29 is 4.57 Å². The second-order valence-corrected chi connectivity index (χ2v) is 6.57. The Morgan fingerprint density at radius 3 is 2.95 bits per heavy atom. The van der Waals surface area contributed by atoms with Crippen molar-refractivity contribution in [3.63, 3.8) is 0 Å². The molecular formula is C19H15N2+. The fourth-order valence-corrected chi connectivity index (χ4v) is 4.55. The van der Waals surface area contributed by atoms with Crippen molar-refractivity contribution in [2.24, 2.45) is 0 Å². The molecule has 0 N–H and O–H groups in total. The van der Waals surface area contributed by atoms with Crippen molar-refractivity contribution in [1.82, 2.24) is 4.40 Å². The van der Waals surface area contributed by atoms with Crippen LogP contribution in [0.4, 0.5) is 0 Å². The van der Waals surface area contributed by atoms with Crippen molar-refractivity contribution in [1.29, 1.82) is 0 Å². The summed E-state index contributed by atoms with van der Waals surface area (Å²) in [4.78, 5) is 0. The number of hydrogen-bond acceptors (Lipinski definition) is 0. The van der Waals surface area contributed by atoms with Crippen LogP contribution >= 0.6 is 0 Å². The molecule has 21 heavy (non-hydrogen) atoms. The summed E-state index contributed by atoms with van der Waals surface area (Å²) >= 11 is 0. The van der Waals surface area contributed by atoms with Crippen LogP contribution in [0.15, 0.2) is 36.5 Å². The maximum atomic E-state index is 2.53. The van der Waals surface area contributed by atoms with Crippen LogP contribution in [0.5, 0.6) is 0 Å². The van der Waals surface area contributed by atoms with Gasteiger partial charge in [-0.1, -0.05) is 24.3 Å². The molecule has 0 spiro atoms. The van der Waals surface area contributed by atoms with E-state index in [1.54, 1.807) is 0 Å². The second kappa shape index (κ2) is 3.11. The number of imidazole rings is 1. The molecule has 100 valence electrons. The van der Waals surface area contributed by atoms with Gasteiger partial charge in [-0.2, -0.15) is 4.40 Å². The molecular weight excluding hydrogens is 256 g/mol. The first kappa shape index (κ1) is 10.4. The zero-order valence-electron chi connectivity index (χ0n) is 12.0. The SMILES string of the molecule is Cc1cc2c3c(c1)c1cccc4c1c1n3c(c[n+]1C4)CC2. The third-order valence-electron chi connectivity index (χ3n) is 5.29. The molecule has 0 bridgehead atoms. The topological polar surface area (TPSA) is 8.29 Å². The van der Waals surface area contributed by atoms with Gasteiger partial charge in [-0.3, -0.25) is 0 Å². The van der Waals surface area contributed by atoms with Crippen LogP contribution in [0, 0.1) is 6.92 Å². The molecule has 0 amide bonds. The van der Waals surface area contributed by atoms with E-state index in [-0.39, 0.29) is 0 Å². The fourth-order valence-electron chi connectivity index (χ4n) is 4.55. The molecule has 2 aliphatic heterocycles. The maximum absolute atomic E-state index is 2.53. The van der Waals surface area contributed by atoms with E-state index in [1.165, 1.54) is 56.1 Å². The smallest absolute Gasteiger partial charge is 0.225 e. The summed E-state index contributed by atoms with van der Waals surface area (Å²) in [5.41, 5.74) is 8.70. The number of benzene rings is 2. The molecule has 0 saturated carbocycles. The largest absolute Gasteiger partial charge is 0.295 e. The van der Waals surface area contributed by atoms with E-state index in [2.05, 4.69) is 52.4 Å². The number of aromatic nitrogens is 2. The Morgan fingerprint density at radius 1 is 1.05 bits per heavy atom.